The van der Waals surface area contributed by atoms with Crippen LogP contribution >= 0.6 is 24.0 Å². The van der Waals surface area contributed by atoms with Gasteiger partial charge >= 0.3 is 0 Å². The predicted molar refractivity (Wildman–Crippen MR) is 136 cm³/mol. The number of nitrogens with zero attached hydrogens (tertiary/aromatic N) is 5. The van der Waals surface area contributed by atoms with Gasteiger partial charge in [-0.05, 0) is 37.1 Å². The molecule has 31 heavy (non-hydrogen) atoms. The van der Waals surface area contributed by atoms with E-state index < -0.39 is 0 Å². The van der Waals surface area contributed by atoms with E-state index in [9.17, 15) is 4.79 Å². The van der Waals surface area contributed by atoms with Crippen LogP contribution in [0.4, 0.5) is 11.6 Å². The number of nitrogens with one attached hydrogen (secondary N) is 2. The maximum absolute atomic E-state index is 11.7. The molecule has 2 N–H and O–H groups in total. The van der Waals surface area contributed by atoms with Crippen molar-refractivity contribution in [1.82, 2.24) is 20.2 Å². The monoisotopic (exact) mass is 537 g/mol. The van der Waals surface area contributed by atoms with Crippen molar-refractivity contribution in [1.29, 1.82) is 0 Å². The van der Waals surface area contributed by atoms with Gasteiger partial charge in [-0.15, -0.1) is 24.0 Å². The Morgan fingerprint density at radius 1 is 1.06 bits per heavy atom. The van der Waals surface area contributed by atoms with Gasteiger partial charge in [0.15, 0.2) is 5.96 Å². The van der Waals surface area contributed by atoms with E-state index in [0.717, 1.165) is 62.3 Å². The topological polar surface area (TPSA) is 85.8 Å². The van der Waals surface area contributed by atoms with E-state index in [1.807, 2.05) is 37.3 Å². The highest BCUT2D eigenvalue weighted by atomic mass is 127. The van der Waals surface area contributed by atoms with Gasteiger partial charge in [0.1, 0.15) is 0 Å². The van der Waals surface area contributed by atoms with Crippen LogP contribution in [-0.2, 0) is 11.3 Å². The molecule has 3 rings (SSSR count). The highest BCUT2D eigenvalue weighted by Crippen LogP contribution is 2.13. The van der Waals surface area contributed by atoms with Gasteiger partial charge < -0.3 is 20.4 Å². The summed E-state index contributed by atoms with van der Waals surface area (Å²) in [6, 6.07) is 9.73. The Kier molecular flexibility index (Phi) is 10.5. The number of amides is 1. The molecule has 0 spiro atoms. The fraction of sp³-hybridized carbons (Fsp3) is 0.455. The van der Waals surface area contributed by atoms with Crippen molar-refractivity contribution in [3.63, 3.8) is 0 Å². The first kappa shape index (κ1) is 24.8. The highest BCUT2D eigenvalue weighted by molar-refractivity contribution is 14.0. The molecule has 0 unspecified atom stereocenters. The normalized spacial score (nSPS) is 14.1. The maximum atomic E-state index is 11.7. The molecule has 0 aliphatic carbocycles. The fourth-order valence-electron chi connectivity index (χ4n) is 3.31. The minimum absolute atomic E-state index is 0. The average molecular weight is 537 g/mol. The number of guanidine groups is 1. The van der Waals surface area contributed by atoms with E-state index >= 15 is 0 Å². The summed E-state index contributed by atoms with van der Waals surface area (Å²) in [7, 11) is 0. The van der Waals surface area contributed by atoms with Crippen LogP contribution in [-0.4, -0.2) is 59.5 Å². The lowest BCUT2D eigenvalue weighted by Gasteiger charge is -2.36. The van der Waals surface area contributed by atoms with Gasteiger partial charge in [0.05, 0.1) is 6.54 Å². The van der Waals surface area contributed by atoms with Gasteiger partial charge in [-0.1, -0.05) is 19.1 Å². The standard InChI is InChI=1S/C22H31N7O.HI/c1-3-6-20(30)27-19-9-7-18(8-10-19)17-26-21(23-4-2)28-13-15-29(16-14-28)22-24-11-5-12-25-22;/h5,7-12H,3-4,6,13-17H2,1-2H3,(H,23,26)(H,27,30);1H. The first-order chi connectivity index (χ1) is 14.7. The Morgan fingerprint density at radius 2 is 1.74 bits per heavy atom. The average Bonchev–Trinajstić information content (AvgIpc) is 2.78. The molecule has 0 bridgehead atoms. The zero-order valence-electron chi connectivity index (χ0n) is 18.3. The zero-order valence-corrected chi connectivity index (χ0v) is 20.6. The van der Waals surface area contributed by atoms with Crippen molar-refractivity contribution in [2.24, 2.45) is 4.99 Å². The van der Waals surface area contributed by atoms with E-state index in [-0.39, 0.29) is 29.9 Å². The summed E-state index contributed by atoms with van der Waals surface area (Å²) < 4.78 is 0. The van der Waals surface area contributed by atoms with Crippen molar-refractivity contribution in [2.75, 3.05) is 42.9 Å². The molecule has 2 heterocycles. The molecule has 0 radical (unpaired) electrons. The molecule has 8 nitrogen and oxygen atoms in total. The van der Waals surface area contributed by atoms with E-state index in [2.05, 4.69) is 37.3 Å². The Hall–Kier alpha value is -2.43. The SMILES string of the molecule is CCCC(=O)Nc1ccc(CN=C(NCC)N2CCN(c3ncccn3)CC2)cc1.I. The van der Waals surface area contributed by atoms with Gasteiger partial charge in [-0.25, -0.2) is 15.0 Å². The van der Waals surface area contributed by atoms with Crippen LogP contribution in [0, 0.1) is 0 Å². The Balaban J connectivity index is 0.00000341. The smallest absolute Gasteiger partial charge is 0.225 e. The van der Waals surface area contributed by atoms with Crippen LogP contribution in [0.1, 0.15) is 32.3 Å². The molecule has 0 atom stereocenters. The summed E-state index contributed by atoms with van der Waals surface area (Å²) in [4.78, 5) is 29.7. The minimum atomic E-state index is 0. The molecule has 2 aromatic rings. The van der Waals surface area contributed by atoms with E-state index in [4.69, 9.17) is 4.99 Å². The van der Waals surface area contributed by atoms with Crippen molar-refractivity contribution in [3.05, 3.63) is 48.3 Å². The van der Waals surface area contributed by atoms with Crippen molar-refractivity contribution in [2.45, 2.75) is 33.2 Å². The predicted octanol–water partition coefficient (Wildman–Crippen LogP) is 3.12. The maximum Gasteiger partial charge on any atom is 0.225 e. The van der Waals surface area contributed by atoms with Gasteiger partial charge in [-0.3, -0.25) is 4.79 Å². The largest absolute Gasteiger partial charge is 0.357 e. The molecule has 1 aliphatic rings. The third-order valence-corrected chi connectivity index (χ3v) is 4.88. The molecule has 0 saturated carbocycles. The number of aromatic nitrogens is 2. The third-order valence-electron chi connectivity index (χ3n) is 4.88. The number of aliphatic imine (C=N–C) groups is 1. The van der Waals surface area contributed by atoms with Gasteiger partial charge in [0.25, 0.3) is 0 Å². The van der Waals surface area contributed by atoms with Crippen molar-refractivity contribution >= 4 is 47.5 Å². The second kappa shape index (κ2) is 13.1. The fourth-order valence-corrected chi connectivity index (χ4v) is 3.31. The second-order valence-corrected chi connectivity index (χ2v) is 7.19. The number of piperazine rings is 1. The number of halogens is 1. The summed E-state index contributed by atoms with van der Waals surface area (Å²) in [5.41, 5.74) is 1.93. The van der Waals surface area contributed by atoms with Gasteiger partial charge in [0.2, 0.25) is 11.9 Å². The molecule has 1 aliphatic heterocycles. The zero-order chi connectivity index (χ0) is 21.2. The molecule has 9 heteroatoms. The molecule has 1 aromatic carbocycles. The number of carbonyl (C=O) groups is 1. The van der Waals surface area contributed by atoms with Crippen LogP contribution < -0.4 is 15.5 Å². The first-order valence-corrected chi connectivity index (χ1v) is 10.6. The molecule has 1 fully saturated rings. The third kappa shape index (κ3) is 7.64. The number of hydrogen-bond donors (Lipinski definition) is 2. The highest BCUT2D eigenvalue weighted by Gasteiger charge is 2.21. The number of anilines is 2. The lowest BCUT2D eigenvalue weighted by molar-refractivity contribution is -0.116. The summed E-state index contributed by atoms with van der Waals surface area (Å²) in [6.07, 6.45) is 4.95. The quantitative estimate of drug-likeness (QED) is 0.321. The second-order valence-electron chi connectivity index (χ2n) is 7.19. The summed E-state index contributed by atoms with van der Waals surface area (Å²) in [5, 5.41) is 6.31. The molecule has 168 valence electrons. The van der Waals surface area contributed by atoms with E-state index in [1.54, 1.807) is 12.4 Å². The van der Waals surface area contributed by atoms with Gasteiger partial charge in [-0.2, -0.15) is 0 Å². The van der Waals surface area contributed by atoms with Crippen LogP contribution in [0.25, 0.3) is 0 Å². The number of benzene rings is 1. The molecular formula is C22H32IN7O. The molecular weight excluding hydrogens is 505 g/mol. The number of carbonyl (C=O) groups excluding carboxylic acids is 1. The number of hydrogen-bond acceptors (Lipinski definition) is 5. The van der Waals surface area contributed by atoms with Crippen molar-refractivity contribution in [3.8, 4) is 0 Å². The van der Waals surface area contributed by atoms with Crippen LogP contribution in [0.2, 0.25) is 0 Å². The van der Waals surface area contributed by atoms with Crippen LogP contribution in [0.15, 0.2) is 47.7 Å². The molecule has 1 aromatic heterocycles. The Labute approximate surface area is 201 Å². The lowest BCUT2D eigenvalue weighted by Crippen LogP contribution is -2.52. The first-order valence-electron chi connectivity index (χ1n) is 10.6. The van der Waals surface area contributed by atoms with Crippen LogP contribution in [0.5, 0.6) is 0 Å². The molecule has 1 amide bonds. The summed E-state index contributed by atoms with van der Waals surface area (Å²) in [6.45, 7) is 8.95. The van der Waals surface area contributed by atoms with Crippen LogP contribution in [0.3, 0.4) is 0 Å². The minimum Gasteiger partial charge on any atom is -0.357 e. The molecule has 1 saturated heterocycles. The van der Waals surface area contributed by atoms with E-state index in [1.165, 1.54) is 0 Å². The number of rotatable bonds is 7. The summed E-state index contributed by atoms with van der Waals surface area (Å²) >= 11 is 0. The van der Waals surface area contributed by atoms with Gasteiger partial charge in [0, 0.05) is 57.2 Å². The lowest BCUT2D eigenvalue weighted by atomic mass is 10.2. The van der Waals surface area contributed by atoms with E-state index in [0.29, 0.717) is 13.0 Å². The Morgan fingerprint density at radius 3 is 2.35 bits per heavy atom. The van der Waals surface area contributed by atoms with Crippen molar-refractivity contribution < 1.29 is 4.79 Å². The summed E-state index contributed by atoms with van der Waals surface area (Å²) in [5.74, 6) is 1.76. The Bertz CT molecular complexity index is 822.